The Morgan fingerprint density at radius 1 is 1.27 bits per heavy atom. The molecule has 6 heteroatoms. The van der Waals surface area contributed by atoms with Crippen LogP contribution in [0, 0.1) is 5.92 Å². The molecule has 0 amide bonds. The van der Waals surface area contributed by atoms with E-state index in [2.05, 4.69) is 40.6 Å². The molecule has 22 heavy (non-hydrogen) atoms. The maximum atomic E-state index is 5.48. The maximum Gasteiger partial charge on any atom is 0.191 e. The van der Waals surface area contributed by atoms with Crippen molar-refractivity contribution in [2.45, 2.75) is 32.7 Å². The highest BCUT2D eigenvalue weighted by atomic mass is 32.2. The number of aliphatic imine (C=N–C) groups is 1. The molecule has 0 bridgehead atoms. The number of hydrogen-bond donors (Lipinski definition) is 2. The second-order valence-electron chi connectivity index (χ2n) is 6.16. The van der Waals surface area contributed by atoms with Gasteiger partial charge >= 0.3 is 0 Å². The molecule has 5 nitrogen and oxygen atoms in total. The molecular weight excluding hydrogens is 296 g/mol. The zero-order chi connectivity index (χ0) is 16.2. The predicted molar refractivity (Wildman–Crippen MR) is 98.0 cm³/mol. The number of nitrogens with one attached hydrogen (secondary N) is 2. The number of ether oxygens (including phenoxy) is 1. The third kappa shape index (κ3) is 8.25. The number of morpholine rings is 1. The summed E-state index contributed by atoms with van der Waals surface area (Å²) in [6.07, 6.45) is 4.52. The minimum absolute atomic E-state index is 0.550. The van der Waals surface area contributed by atoms with Crippen molar-refractivity contribution in [3.05, 3.63) is 0 Å². The number of nitrogens with zero attached hydrogens (tertiary/aromatic N) is 2. The van der Waals surface area contributed by atoms with E-state index >= 15 is 0 Å². The predicted octanol–water partition coefficient (Wildman–Crippen LogP) is 1.65. The molecule has 0 spiro atoms. The molecule has 0 radical (unpaired) electrons. The van der Waals surface area contributed by atoms with E-state index in [1.54, 1.807) is 0 Å². The van der Waals surface area contributed by atoms with Crippen molar-refractivity contribution < 1.29 is 4.74 Å². The first-order valence-corrected chi connectivity index (χ1v) is 9.82. The number of thioether (sulfide) groups is 1. The van der Waals surface area contributed by atoms with Gasteiger partial charge in [0.2, 0.25) is 0 Å². The zero-order valence-corrected chi connectivity index (χ0v) is 15.5. The van der Waals surface area contributed by atoms with E-state index in [0.29, 0.717) is 12.0 Å². The van der Waals surface area contributed by atoms with Gasteiger partial charge in [0.15, 0.2) is 5.96 Å². The van der Waals surface area contributed by atoms with Crippen LogP contribution in [0.1, 0.15) is 26.7 Å². The van der Waals surface area contributed by atoms with Crippen LogP contribution in [0.3, 0.4) is 0 Å². The van der Waals surface area contributed by atoms with Crippen molar-refractivity contribution in [3.8, 4) is 0 Å². The molecule has 1 heterocycles. The quantitative estimate of drug-likeness (QED) is 0.382. The van der Waals surface area contributed by atoms with Gasteiger partial charge in [-0.2, -0.15) is 11.8 Å². The second-order valence-corrected chi connectivity index (χ2v) is 7.14. The third-order valence-corrected chi connectivity index (χ3v) is 4.55. The molecule has 1 aliphatic heterocycles. The van der Waals surface area contributed by atoms with E-state index < -0.39 is 0 Å². The highest BCUT2D eigenvalue weighted by molar-refractivity contribution is 7.98. The fraction of sp³-hybridized carbons (Fsp3) is 0.938. The summed E-state index contributed by atoms with van der Waals surface area (Å²) in [5.41, 5.74) is 0. The second kappa shape index (κ2) is 12.0. The van der Waals surface area contributed by atoms with Crippen LogP contribution >= 0.6 is 11.8 Å². The molecule has 0 aliphatic carbocycles. The van der Waals surface area contributed by atoms with Crippen LogP contribution in [0.5, 0.6) is 0 Å². The van der Waals surface area contributed by atoms with Crippen LogP contribution < -0.4 is 10.6 Å². The van der Waals surface area contributed by atoms with Crippen molar-refractivity contribution in [3.63, 3.8) is 0 Å². The van der Waals surface area contributed by atoms with E-state index in [9.17, 15) is 0 Å². The van der Waals surface area contributed by atoms with Gasteiger partial charge in [0.05, 0.1) is 13.2 Å². The summed E-state index contributed by atoms with van der Waals surface area (Å²) < 4.78 is 5.48. The molecule has 1 rings (SSSR count). The molecule has 0 aromatic rings. The summed E-state index contributed by atoms with van der Waals surface area (Å²) >= 11 is 1.89. The molecule has 1 atom stereocenters. The van der Waals surface area contributed by atoms with Gasteiger partial charge < -0.3 is 15.4 Å². The van der Waals surface area contributed by atoms with Crippen molar-refractivity contribution in [2.24, 2.45) is 10.9 Å². The lowest BCUT2D eigenvalue weighted by atomic mass is 10.0. The van der Waals surface area contributed by atoms with Gasteiger partial charge in [-0.25, -0.2) is 0 Å². The van der Waals surface area contributed by atoms with Crippen LogP contribution in [-0.2, 0) is 4.74 Å². The molecule has 2 N–H and O–H groups in total. The first-order chi connectivity index (χ1) is 10.7. The van der Waals surface area contributed by atoms with Gasteiger partial charge in [0.25, 0.3) is 0 Å². The molecular formula is C16H34N4OS. The highest BCUT2D eigenvalue weighted by Crippen LogP contribution is 2.12. The highest BCUT2D eigenvalue weighted by Gasteiger charge is 2.22. The largest absolute Gasteiger partial charge is 0.379 e. The van der Waals surface area contributed by atoms with Crippen LogP contribution in [0.4, 0.5) is 0 Å². The maximum absolute atomic E-state index is 5.48. The molecule has 0 aromatic heterocycles. The van der Waals surface area contributed by atoms with Crippen molar-refractivity contribution in [2.75, 3.05) is 58.4 Å². The Kier molecular flexibility index (Phi) is 10.7. The summed E-state index contributed by atoms with van der Waals surface area (Å²) in [5, 5.41) is 6.90. The summed E-state index contributed by atoms with van der Waals surface area (Å²) in [7, 11) is 1.84. The molecule has 0 aromatic carbocycles. The Labute approximate surface area is 140 Å². The van der Waals surface area contributed by atoms with Gasteiger partial charge in [0.1, 0.15) is 0 Å². The van der Waals surface area contributed by atoms with Gasteiger partial charge in [-0.3, -0.25) is 9.89 Å². The first kappa shape index (κ1) is 19.6. The Bertz CT molecular complexity index is 307. The normalized spacial score (nSPS) is 18.5. The van der Waals surface area contributed by atoms with Crippen LogP contribution in [0.25, 0.3) is 0 Å². The van der Waals surface area contributed by atoms with Crippen molar-refractivity contribution in [1.29, 1.82) is 0 Å². The molecule has 1 unspecified atom stereocenters. The lowest BCUT2D eigenvalue weighted by molar-refractivity contribution is 0.0132. The standard InChI is InChI=1S/C16H34N4OS/c1-14(2)12-15(20-7-9-21-10-8-20)13-19-16(17-3)18-6-5-11-22-4/h14-15H,5-13H2,1-4H3,(H2,17,18,19). The summed E-state index contributed by atoms with van der Waals surface area (Å²) in [5.74, 6) is 2.81. The number of rotatable bonds is 9. The van der Waals surface area contributed by atoms with Gasteiger partial charge in [-0.05, 0) is 30.8 Å². The minimum Gasteiger partial charge on any atom is -0.379 e. The Morgan fingerprint density at radius 3 is 2.59 bits per heavy atom. The summed E-state index contributed by atoms with van der Waals surface area (Å²) in [6, 6.07) is 0.550. The molecule has 130 valence electrons. The Hall–Kier alpha value is -0.460. The fourth-order valence-electron chi connectivity index (χ4n) is 2.71. The number of guanidine groups is 1. The van der Waals surface area contributed by atoms with Crippen LogP contribution in [0.15, 0.2) is 4.99 Å². The van der Waals surface area contributed by atoms with E-state index in [4.69, 9.17) is 4.74 Å². The third-order valence-electron chi connectivity index (χ3n) is 3.85. The van der Waals surface area contributed by atoms with E-state index in [-0.39, 0.29) is 0 Å². The van der Waals surface area contributed by atoms with Crippen LogP contribution in [0.2, 0.25) is 0 Å². The zero-order valence-electron chi connectivity index (χ0n) is 14.7. The van der Waals surface area contributed by atoms with E-state index in [1.807, 2.05) is 18.8 Å². The van der Waals surface area contributed by atoms with Crippen LogP contribution in [-0.4, -0.2) is 75.4 Å². The Balaban J connectivity index is 2.39. The smallest absolute Gasteiger partial charge is 0.191 e. The summed E-state index contributed by atoms with van der Waals surface area (Å²) in [6.45, 7) is 10.3. The minimum atomic E-state index is 0.550. The van der Waals surface area contributed by atoms with Gasteiger partial charge in [0, 0.05) is 39.3 Å². The topological polar surface area (TPSA) is 48.9 Å². The average Bonchev–Trinajstić information content (AvgIpc) is 2.53. The average molecular weight is 331 g/mol. The molecule has 1 fully saturated rings. The van der Waals surface area contributed by atoms with Gasteiger partial charge in [-0.15, -0.1) is 0 Å². The SMILES string of the molecule is CN=C(NCCCSC)NCC(CC(C)C)N1CCOCC1. The molecule has 1 aliphatic rings. The number of hydrogen-bond acceptors (Lipinski definition) is 4. The Morgan fingerprint density at radius 2 is 2.00 bits per heavy atom. The summed E-state index contributed by atoms with van der Waals surface area (Å²) in [4.78, 5) is 6.88. The lowest BCUT2D eigenvalue weighted by Gasteiger charge is -2.35. The monoisotopic (exact) mass is 330 g/mol. The van der Waals surface area contributed by atoms with Crippen molar-refractivity contribution in [1.82, 2.24) is 15.5 Å². The molecule has 1 saturated heterocycles. The van der Waals surface area contributed by atoms with Gasteiger partial charge in [-0.1, -0.05) is 13.8 Å². The van der Waals surface area contributed by atoms with E-state index in [1.165, 1.54) is 18.6 Å². The van der Waals surface area contributed by atoms with E-state index in [0.717, 1.165) is 45.4 Å². The first-order valence-electron chi connectivity index (χ1n) is 8.42. The van der Waals surface area contributed by atoms with Crippen molar-refractivity contribution >= 4 is 17.7 Å². The molecule has 0 saturated carbocycles. The lowest BCUT2D eigenvalue weighted by Crippen LogP contribution is -2.51. The fourth-order valence-corrected chi connectivity index (χ4v) is 3.14.